The van der Waals surface area contributed by atoms with Gasteiger partial charge in [-0.2, -0.15) is 0 Å². The number of carbonyl (C=O) groups excluding carboxylic acids is 3. The summed E-state index contributed by atoms with van der Waals surface area (Å²) in [5.41, 5.74) is 4.22. The Bertz CT molecular complexity index is 1940. The van der Waals surface area contributed by atoms with Crippen LogP contribution in [0.1, 0.15) is 92.2 Å². The molecule has 3 fully saturated rings. The van der Waals surface area contributed by atoms with E-state index in [-0.39, 0.29) is 64.1 Å². The van der Waals surface area contributed by atoms with Crippen LogP contribution < -0.4 is 10.1 Å². The van der Waals surface area contributed by atoms with Crippen LogP contribution in [0.4, 0.5) is 0 Å². The summed E-state index contributed by atoms with van der Waals surface area (Å²) in [5.74, 6) is -0.178. The topological polar surface area (TPSA) is 133 Å². The van der Waals surface area contributed by atoms with Gasteiger partial charge in [0.25, 0.3) is 5.91 Å². The second kappa shape index (κ2) is 12.1. The number of aliphatic hydroxyl groups is 1. The third kappa shape index (κ3) is 5.39. The summed E-state index contributed by atoms with van der Waals surface area (Å²) in [6, 6.07) is 7.41. The Balaban J connectivity index is 1.03. The molecule has 0 saturated heterocycles. The molecule has 51 heavy (non-hydrogen) atoms. The summed E-state index contributed by atoms with van der Waals surface area (Å²) in [5, 5.41) is 21.6. The van der Waals surface area contributed by atoms with E-state index in [1.165, 1.54) is 5.57 Å². The first-order chi connectivity index (χ1) is 24.1. The molecule has 0 spiro atoms. The lowest BCUT2D eigenvalue weighted by Crippen LogP contribution is -2.62. The highest BCUT2D eigenvalue weighted by Gasteiger charge is 2.67. The molecule has 0 bridgehead atoms. The molecule has 0 aliphatic heterocycles. The van der Waals surface area contributed by atoms with Crippen molar-refractivity contribution in [3.05, 3.63) is 82.4 Å². The minimum Gasteiger partial charge on any atom is -0.504 e. The van der Waals surface area contributed by atoms with Crippen LogP contribution in [0.5, 0.6) is 5.75 Å². The Morgan fingerprint density at radius 2 is 1.73 bits per heavy atom. The highest BCUT2D eigenvalue weighted by molar-refractivity contribution is 6.06. The van der Waals surface area contributed by atoms with Gasteiger partial charge in [-0.25, -0.2) is 4.68 Å². The lowest BCUT2D eigenvalue weighted by atomic mass is 9.34. The van der Waals surface area contributed by atoms with Crippen LogP contribution in [-0.2, 0) is 25.7 Å². The number of nitrogens with one attached hydrogen (secondary N) is 1. The summed E-state index contributed by atoms with van der Waals surface area (Å²) in [4.78, 5) is 39.5. The minimum atomic E-state index is -0.709. The summed E-state index contributed by atoms with van der Waals surface area (Å²) >= 11 is 0. The molecule has 1 amide bonds. The Morgan fingerprint density at radius 3 is 2.45 bits per heavy atom. The van der Waals surface area contributed by atoms with Gasteiger partial charge >= 0.3 is 5.97 Å². The summed E-state index contributed by atoms with van der Waals surface area (Å²) in [7, 11) is 1.61. The highest BCUT2D eigenvalue weighted by atomic mass is 16.5. The molecule has 0 unspecified atom stereocenters. The number of nitrogens with zero attached hydrogens (tertiary/aromatic N) is 3. The van der Waals surface area contributed by atoms with Crippen LogP contribution in [0.2, 0.25) is 0 Å². The van der Waals surface area contributed by atoms with Crippen molar-refractivity contribution in [2.24, 2.45) is 33.0 Å². The van der Waals surface area contributed by atoms with Crippen molar-refractivity contribution in [1.29, 1.82) is 0 Å². The van der Waals surface area contributed by atoms with Gasteiger partial charge in [-0.05, 0) is 122 Å². The van der Waals surface area contributed by atoms with Gasteiger partial charge in [-0.1, -0.05) is 50.6 Å². The highest BCUT2D eigenvalue weighted by Crippen LogP contribution is 2.75. The van der Waals surface area contributed by atoms with Gasteiger partial charge in [-0.3, -0.25) is 14.4 Å². The van der Waals surface area contributed by atoms with E-state index in [1.54, 1.807) is 24.1 Å². The van der Waals surface area contributed by atoms with Gasteiger partial charge in [0.05, 0.1) is 31.0 Å². The molecule has 5 aliphatic carbocycles. The fourth-order valence-corrected chi connectivity index (χ4v) is 10.4. The zero-order valence-corrected chi connectivity index (χ0v) is 30.9. The standard InChI is InChI=1S/C41H50N4O6/c1-25-29-12-13-32-39(4,30(29)20-31(46)35(25)48)17-19-41(6)33-21-38(3,15-14-37(33,2)16-18-40(32,41)5)36(49)51-24-34(47)42-22-26-23-45(44-43-26)27-8-10-28(50-7)11-9-27/h8-13,20,23,33,48H,14-19,21-22,24H2,1-7H3,(H,42,47)/t33-,37-,38-,39+,40-,41+/m1/s1. The average Bonchev–Trinajstić information content (AvgIpc) is 3.60. The number of ether oxygens (including phenoxy) is 2. The predicted molar refractivity (Wildman–Crippen MR) is 192 cm³/mol. The SMILES string of the molecule is COc1ccc(-n2cc(CNC(=O)COC(=O)[C@]3(C)CC[C@]4(C)CC[C@]5(C)C6=CC=C7C(=CC(=O)C(O)=C7C)[C@]6(C)CC[C@@]5(C)[C@@H]4C3)nn2)cc1. The Morgan fingerprint density at radius 1 is 1.00 bits per heavy atom. The van der Waals surface area contributed by atoms with Crippen LogP contribution in [0.15, 0.2) is 76.7 Å². The lowest BCUT2D eigenvalue weighted by molar-refractivity contribution is -0.183. The zero-order valence-electron chi connectivity index (χ0n) is 30.9. The minimum absolute atomic E-state index is 0.0871. The van der Waals surface area contributed by atoms with E-state index in [0.717, 1.165) is 61.1 Å². The van der Waals surface area contributed by atoms with Gasteiger partial charge in [0, 0.05) is 11.0 Å². The van der Waals surface area contributed by atoms with Crippen molar-refractivity contribution in [2.45, 2.75) is 93.0 Å². The monoisotopic (exact) mass is 694 g/mol. The summed E-state index contributed by atoms with van der Waals surface area (Å²) in [6.07, 6.45) is 14.1. The molecule has 10 heteroatoms. The number of hydrogen-bond donors (Lipinski definition) is 2. The molecular weight excluding hydrogens is 644 g/mol. The summed E-state index contributed by atoms with van der Waals surface area (Å²) in [6.45, 7) is 13.2. The number of fused-ring (bicyclic) bond motifs is 7. The van der Waals surface area contributed by atoms with Crippen LogP contribution in [0.25, 0.3) is 5.69 Å². The molecule has 270 valence electrons. The largest absolute Gasteiger partial charge is 0.504 e. The number of benzene rings is 1. The Hall–Kier alpha value is -4.47. The molecule has 7 rings (SSSR count). The van der Waals surface area contributed by atoms with Crippen LogP contribution in [-0.4, -0.2) is 51.5 Å². The Kier molecular flexibility index (Phi) is 8.26. The van der Waals surface area contributed by atoms with Crippen molar-refractivity contribution >= 4 is 17.7 Å². The molecule has 6 atom stereocenters. The number of carbonyl (C=O) groups is 3. The maximum absolute atomic E-state index is 13.8. The fourth-order valence-electron chi connectivity index (χ4n) is 10.4. The van der Waals surface area contributed by atoms with E-state index in [9.17, 15) is 19.5 Å². The van der Waals surface area contributed by atoms with E-state index in [4.69, 9.17) is 9.47 Å². The quantitative estimate of drug-likeness (QED) is 0.295. The first kappa shape index (κ1) is 35.0. The van der Waals surface area contributed by atoms with Gasteiger partial charge in [-0.15, -0.1) is 5.10 Å². The van der Waals surface area contributed by atoms with Gasteiger partial charge in [0.1, 0.15) is 11.4 Å². The molecule has 1 aromatic heterocycles. The van der Waals surface area contributed by atoms with E-state index < -0.39 is 5.41 Å². The first-order valence-corrected chi connectivity index (χ1v) is 18.2. The fraction of sp³-hybridized carbons (Fsp3) is 0.537. The number of rotatable bonds is 7. The van der Waals surface area contributed by atoms with Crippen LogP contribution >= 0.6 is 0 Å². The number of hydrogen-bond acceptors (Lipinski definition) is 8. The third-order valence-electron chi connectivity index (χ3n) is 14.0. The second-order valence-electron chi connectivity index (χ2n) is 16.8. The summed E-state index contributed by atoms with van der Waals surface area (Å²) < 4.78 is 12.6. The molecular formula is C41H50N4O6. The number of ketones is 1. The number of allylic oxidation sites excluding steroid dienone is 7. The van der Waals surface area contributed by atoms with E-state index in [2.05, 4.69) is 55.5 Å². The van der Waals surface area contributed by atoms with Crippen molar-refractivity contribution in [2.75, 3.05) is 13.7 Å². The van der Waals surface area contributed by atoms with E-state index in [1.807, 2.05) is 38.1 Å². The molecule has 5 aliphatic rings. The van der Waals surface area contributed by atoms with Crippen molar-refractivity contribution < 1.29 is 29.0 Å². The number of aromatic nitrogens is 3. The lowest BCUT2D eigenvalue weighted by Gasteiger charge is -2.70. The Labute approximate surface area is 300 Å². The number of methoxy groups -OCH3 is 1. The van der Waals surface area contributed by atoms with Gasteiger partial charge < -0.3 is 19.9 Å². The zero-order chi connectivity index (χ0) is 36.6. The number of aliphatic hydroxyl groups excluding tert-OH is 1. The van der Waals surface area contributed by atoms with Crippen molar-refractivity contribution in [3.63, 3.8) is 0 Å². The van der Waals surface area contributed by atoms with Crippen molar-refractivity contribution in [3.8, 4) is 11.4 Å². The second-order valence-corrected chi connectivity index (χ2v) is 16.8. The molecule has 2 N–H and O–H groups in total. The van der Waals surface area contributed by atoms with Crippen LogP contribution in [0, 0.1) is 33.0 Å². The maximum atomic E-state index is 13.8. The van der Waals surface area contributed by atoms with Gasteiger partial charge in [0.2, 0.25) is 5.78 Å². The third-order valence-corrected chi connectivity index (χ3v) is 14.0. The van der Waals surface area contributed by atoms with E-state index in [0.29, 0.717) is 17.7 Å². The number of amides is 1. The molecule has 3 saturated carbocycles. The molecule has 10 nitrogen and oxygen atoms in total. The first-order valence-electron chi connectivity index (χ1n) is 18.2. The molecule has 1 heterocycles. The number of esters is 1. The molecule has 1 aromatic carbocycles. The smallest absolute Gasteiger partial charge is 0.312 e. The van der Waals surface area contributed by atoms with E-state index >= 15 is 0 Å². The van der Waals surface area contributed by atoms with Gasteiger partial charge in [0.15, 0.2) is 12.4 Å². The molecule has 0 radical (unpaired) electrons. The molecule has 2 aromatic rings. The maximum Gasteiger partial charge on any atom is 0.312 e. The normalized spacial score (nSPS) is 34.1. The average molecular weight is 695 g/mol. The predicted octanol–water partition coefficient (Wildman–Crippen LogP) is 7.06. The van der Waals surface area contributed by atoms with Crippen LogP contribution in [0.3, 0.4) is 0 Å². The van der Waals surface area contributed by atoms with Crippen molar-refractivity contribution in [1.82, 2.24) is 20.3 Å².